The quantitative estimate of drug-likeness (QED) is 0.352. The molecule has 0 aliphatic carbocycles. The number of pyridine rings is 1. The van der Waals surface area contributed by atoms with Gasteiger partial charge in [-0.15, -0.1) is 0 Å². The van der Waals surface area contributed by atoms with Crippen LogP contribution < -0.4 is 5.32 Å². The van der Waals surface area contributed by atoms with E-state index in [1.165, 1.54) is 12.4 Å². The Balaban J connectivity index is 2.98. The van der Waals surface area contributed by atoms with Gasteiger partial charge in [0.15, 0.2) is 8.32 Å². The second-order valence-electron chi connectivity index (χ2n) is 6.39. The van der Waals surface area contributed by atoms with Gasteiger partial charge in [0.05, 0.1) is 16.1 Å². The fourth-order valence-corrected chi connectivity index (χ4v) is 6.19. The Bertz CT molecular complexity index is 511. The highest BCUT2D eigenvalue weighted by atomic mass is 35.5. The number of hydrogen-bond donors (Lipinski definition) is 1. The van der Waals surface area contributed by atoms with Crippen molar-refractivity contribution >= 4 is 31.5 Å². The molecule has 0 saturated heterocycles. The van der Waals surface area contributed by atoms with Crippen LogP contribution in [0.4, 0.5) is 8.78 Å². The summed E-state index contributed by atoms with van der Waals surface area (Å²) in [7, 11) is -1.93. The maximum atomic E-state index is 13.0. The molecule has 0 fully saturated rings. The zero-order chi connectivity index (χ0) is 19.1. The van der Waals surface area contributed by atoms with Crippen LogP contribution in [-0.4, -0.2) is 32.3 Å². The van der Waals surface area contributed by atoms with E-state index in [2.05, 4.69) is 31.1 Å². The summed E-state index contributed by atoms with van der Waals surface area (Å²) in [5, 5.41) is 3.94. The largest absolute Gasteiger partial charge is 0.409 e. The molecular formula is C17H28Cl2F2N2OSi. The molecule has 1 heterocycles. The Labute approximate surface area is 160 Å². The highest BCUT2D eigenvalue weighted by molar-refractivity contribution is 6.73. The van der Waals surface area contributed by atoms with Gasteiger partial charge in [0.1, 0.15) is 0 Å². The number of nitrogens with one attached hydrogen (secondary N) is 1. The van der Waals surface area contributed by atoms with E-state index in [9.17, 15) is 8.78 Å². The molecule has 0 spiro atoms. The van der Waals surface area contributed by atoms with Gasteiger partial charge in [-0.05, 0) is 25.1 Å². The van der Waals surface area contributed by atoms with Crippen LogP contribution in [0, 0.1) is 0 Å². The van der Waals surface area contributed by atoms with E-state index in [-0.39, 0.29) is 19.1 Å². The molecule has 1 N–H and O–H groups in total. The van der Waals surface area contributed by atoms with Gasteiger partial charge < -0.3 is 9.74 Å². The molecule has 1 atom stereocenters. The monoisotopic (exact) mass is 412 g/mol. The fraction of sp³-hybridized carbons (Fsp3) is 0.706. The van der Waals surface area contributed by atoms with Crippen LogP contribution in [0.15, 0.2) is 12.4 Å². The lowest BCUT2D eigenvalue weighted by atomic mass is 10.1. The molecule has 0 aromatic carbocycles. The van der Waals surface area contributed by atoms with Gasteiger partial charge in [-0.25, -0.2) is 8.78 Å². The van der Waals surface area contributed by atoms with E-state index < -0.39 is 14.2 Å². The molecule has 8 heteroatoms. The van der Waals surface area contributed by atoms with Crippen molar-refractivity contribution < 1.29 is 13.2 Å². The number of aromatic nitrogens is 1. The highest BCUT2D eigenvalue weighted by Gasteiger charge is 2.34. The molecule has 1 aromatic rings. The maximum Gasteiger partial charge on any atom is 0.246 e. The third kappa shape index (κ3) is 7.10. The van der Waals surface area contributed by atoms with Crippen molar-refractivity contribution in [3.05, 3.63) is 28.0 Å². The van der Waals surface area contributed by atoms with Crippen molar-refractivity contribution in [2.45, 2.75) is 64.3 Å². The molecule has 0 aliphatic rings. The molecule has 144 valence electrons. The smallest absolute Gasteiger partial charge is 0.246 e. The summed E-state index contributed by atoms with van der Waals surface area (Å²) in [5.41, 5.74) is 0.682. The molecule has 25 heavy (non-hydrogen) atoms. The minimum atomic E-state index is -2.69. The van der Waals surface area contributed by atoms with Gasteiger partial charge in [-0.1, -0.05) is 44.0 Å². The van der Waals surface area contributed by atoms with E-state index >= 15 is 0 Å². The van der Waals surface area contributed by atoms with E-state index in [1.807, 2.05) is 0 Å². The van der Waals surface area contributed by atoms with E-state index in [0.717, 1.165) is 25.1 Å². The van der Waals surface area contributed by atoms with Gasteiger partial charge >= 0.3 is 0 Å². The molecule has 1 unspecified atom stereocenters. The summed E-state index contributed by atoms with van der Waals surface area (Å²) >= 11 is 12.6. The Morgan fingerprint density at radius 2 is 1.68 bits per heavy atom. The van der Waals surface area contributed by atoms with Crippen molar-refractivity contribution in [2.24, 2.45) is 0 Å². The van der Waals surface area contributed by atoms with Gasteiger partial charge in [-0.2, -0.15) is 0 Å². The van der Waals surface area contributed by atoms with Crippen LogP contribution in [-0.2, 0) is 4.43 Å². The molecule has 0 aliphatic heterocycles. The average molecular weight is 413 g/mol. The standard InChI is InChI=1S/C17H28Cl2F2N2OSi/c1-5-25(6-2,7-3)24-15(12-22-9-8-17(4,20)21)16-13(18)10-23-11-14(16)19/h10-11,15,22H,5-9,12H2,1-4H3. The van der Waals surface area contributed by atoms with Crippen LogP contribution >= 0.6 is 23.2 Å². The first-order valence-electron chi connectivity index (χ1n) is 8.73. The zero-order valence-electron chi connectivity index (χ0n) is 15.3. The summed E-state index contributed by atoms with van der Waals surface area (Å²) in [4.78, 5) is 3.98. The number of nitrogens with zero attached hydrogens (tertiary/aromatic N) is 1. The van der Waals surface area contributed by atoms with Gasteiger partial charge in [0.25, 0.3) is 0 Å². The van der Waals surface area contributed by atoms with E-state index in [4.69, 9.17) is 27.6 Å². The van der Waals surface area contributed by atoms with Crippen molar-refractivity contribution in [3.63, 3.8) is 0 Å². The lowest BCUT2D eigenvalue weighted by Gasteiger charge is -2.34. The summed E-state index contributed by atoms with van der Waals surface area (Å²) in [5.74, 6) is -2.69. The minimum absolute atomic E-state index is 0.197. The zero-order valence-corrected chi connectivity index (χ0v) is 17.9. The lowest BCUT2D eigenvalue weighted by molar-refractivity contribution is 0.0127. The molecule has 0 bridgehead atoms. The van der Waals surface area contributed by atoms with Crippen LogP contribution in [0.3, 0.4) is 0 Å². The first kappa shape index (κ1) is 22.8. The third-order valence-electron chi connectivity index (χ3n) is 4.61. The van der Waals surface area contributed by atoms with E-state index in [1.54, 1.807) is 0 Å². The number of rotatable bonds is 11. The van der Waals surface area contributed by atoms with Crippen molar-refractivity contribution in [1.82, 2.24) is 10.3 Å². The molecule has 0 amide bonds. The summed E-state index contributed by atoms with van der Waals surface area (Å²) in [6, 6.07) is 2.93. The van der Waals surface area contributed by atoms with Crippen molar-refractivity contribution in [3.8, 4) is 0 Å². The summed E-state index contributed by atoms with van der Waals surface area (Å²) in [6.45, 7) is 7.91. The minimum Gasteiger partial charge on any atom is -0.409 e. The second-order valence-corrected chi connectivity index (χ2v) is 11.9. The molecule has 0 saturated carbocycles. The van der Waals surface area contributed by atoms with Crippen LogP contribution in [0.1, 0.15) is 45.8 Å². The highest BCUT2D eigenvalue weighted by Crippen LogP contribution is 2.36. The molecular weight excluding hydrogens is 385 g/mol. The molecule has 1 aromatic heterocycles. The second kappa shape index (κ2) is 10.2. The first-order valence-corrected chi connectivity index (χ1v) is 12.0. The molecule has 0 radical (unpaired) electrons. The van der Waals surface area contributed by atoms with Crippen molar-refractivity contribution in [2.75, 3.05) is 13.1 Å². The Kier molecular flexibility index (Phi) is 9.25. The average Bonchev–Trinajstić information content (AvgIpc) is 2.55. The Morgan fingerprint density at radius 3 is 2.12 bits per heavy atom. The predicted molar refractivity (Wildman–Crippen MR) is 103 cm³/mol. The Morgan fingerprint density at radius 1 is 1.16 bits per heavy atom. The van der Waals surface area contributed by atoms with Crippen LogP contribution in [0.5, 0.6) is 0 Å². The summed E-state index contributed by atoms with van der Waals surface area (Å²) in [6.07, 6.45) is 2.47. The number of hydrogen-bond acceptors (Lipinski definition) is 3. The lowest BCUT2D eigenvalue weighted by Crippen LogP contribution is -2.40. The first-order chi connectivity index (χ1) is 11.7. The normalized spacial score (nSPS) is 13.9. The number of alkyl halides is 2. The van der Waals surface area contributed by atoms with Gasteiger partial charge in [0, 0.05) is 37.5 Å². The van der Waals surface area contributed by atoms with Crippen molar-refractivity contribution in [1.29, 1.82) is 0 Å². The number of halogens is 4. The van der Waals surface area contributed by atoms with Crippen LogP contribution in [0.25, 0.3) is 0 Å². The molecule has 1 rings (SSSR count). The SMILES string of the molecule is CC[Si](CC)(CC)OC(CNCCC(C)(F)F)c1c(Cl)cncc1Cl. The molecule has 3 nitrogen and oxygen atoms in total. The third-order valence-corrected chi connectivity index (χ3v) is 9.86. The summed E-state index contributed by atoms with van der Waals surface area (Å²) < 4.78 is 32.6. The topological polar surface area (TPSA) is 34.1 Å². The predicted octanol–water partition coefficient (Wildman–Crippen LogP) is 6.09. The Hall–Kier alpha value is -0.273. The van der Waals surface area contributed by atoms with Crippen LogP contribution in [0.2, 0.25) is 28.2 Å². The van der Waals surface area contributed by atoms with Gasteiger partial charge in [0.2, 0.25) is 5.92 Å². The van der Waals surface area contributed by atoms with E-state index in [0.29, 0.717) is 22.2 Å². The maximum absolute atomic E-state index is 13.0. The van der Waals surface area contributed by atoms with Gasteiger partial charge in [-0.3, -0.25) is 4.98 Å². The fourth-order valence-electron chi connectivity index (χ4n) is 2.77.